The number of nitrogens with zero attached hydrogens (tertiary/aromatic N) is 2. The van der Waals surface area contributed by atoms with E-state index >= 15 is 0 Å². The molecule has 2 heterocycles. The van der Waals surface area contributed by atoms with Crippen molar-refractivity contribution in [2.45, 2.75) is 18.9 Å². The minimum Gasteiger partial charge on any atom is -0.388 e. The summed E-state index contributed by atoms with van der Waals surface area (Å²) in [6.07, 6.45) is 7.57. The quantitative estimate of drug-likeness (QED) is 0.870. The van der Waals surface area contributed by atoms with Crippen molar-refractivity contribution in [2.75, 3.05) is 13.1 Å². The summed E-state index contributed by atoms with van der Waals surface area (Å²) >= 11 is 0. The number of carbonyl (C=O) groups is 1. The van der Waals surface area contributed by atoms with Crippen LogP contribution < -0.4 is 0 Å². The first-order chi connectivity index (χ1) is 12.1. The van der Waals surface area contributed by atoms with Gasteiger partial charge in [-0.1, -0.05) is 12.1 Å². The van der Waals surface area contributed by atoms with E-state index in [4.69, 9.17) is 0 Å². The molecule has 0 bridgehead atoms. The minimum absolute atomic E-state index is 0.0217. The summed E-state index contributed by atoms with van der Waals surface area (Å²) in [5, 5.41) is 10.5. The summed E-state index contributed by atoms with van der Waals surface area (Å²) in [5.74, 6) is -0.248. The Morgan fingerprint density at radius 2 is 1.80 bits per heavy atom. The summed E-state index contributed by atoms with van der Waals surface area (Å²) < 4.78 is 13.0. The summed E-state index contributed by atoms with van der Waals surface area (Å²) in [5.41, 5.74) is 1.66. The molecule has 1 aliphatic rings. The molecule has 5 heteroatoms. The van der Waals surface area contributed by atoms with Gasteiger partial charge in [-0.3, -0.25) is 9.78 Å². The number of pyridine rings is 1. The molecule has 0 radical (unpaired) electrons. The van der Waals surface area contributed by atoms with Crippen molar-refractivity contribution >= 4 is 12.0 Å². The topological polar surface area (TPSA) is 53.4 Å². The number of halogens is 1. The average Bonchev–Trinajstić information content (AvgIpc) is 2.67. The van der Waals surface area contributed by atoms with Crippen LogP contribution in [0.1, 0.15) is 30.1 Å². The third kappa shape index (κ3) is 4.51. The monoisotopic (exact) mass is 340 g/mol. The van der Waals surface area contributed by atoms with Crippen LogP contribution in [0.5, 0.6) is 0 Å². The fourth-order valence-electron chi connectivity index (χ4n) is 3.12. The number of aliphatic hydroxyl groups excluding tert-OH is 1. The molecular weight excluding hydrogens is 319 g/mol. The lowest BCUT2D eigenvalue weighted by Gasteiger charge is -2.34. The molecule has 1 aromatic heterocycles. The zero-order valence-corrected chi connectivity index (χ0v) is 13.9. The average molecular weight is 340 g/mol. The van der Waals surface area contributed by atoms with Crippen molar-refractivity contribution in [3.63, 3.8) is 0 Å². The van der Waals surface area contributed by atoms with Crippen LogP contribution in [0.3, 0.4) is 0 Å². The van der Waals surface area contributed by atoms with Gasteiger partial charge in [-0.05, 0) is 60.2 Å². The number of aliphatic hydroxyl groups is 1. The normalized spacial score (nSPS) is 17.0. The Morgan fingerprint density at radius 1 is 1.16 bits per heavy atom. The van der Waals surface area contributed by atoms with Gasteiger partial charge < -0.3 is 10.0 Å². The van der Waals surface area contributed by atoms with E-state index in [1.54, 1.807) is 41.6 Å². The van der Waals surface area contributed by atoms with Crippen LogP contribution in [0.4, 0.5) is 4.39 Å². The molecule has 0 saturated carbocycles. The lowest BCUT2D eigenvalue weighted by atomic mass is 9.87. The van der Waals surface area contributed by atoms with Gasteiger partial charge >= 0.3 is 0 Å². The molecule has 1 amide bonds. The van der Waals surface area contributed by atoms with Gasteiger partial charge in [-0.2, -0.15) is 0 Å². The molecule has 1 aliphatic heterocycles. The number of likely N-dealkylation sites (tertiary alicyclic amines) is 1. The van der Waals surface area contributed by atoms with Crippen LogP contribution in [0.25, 0.3) is 6.08 Å². The standard InChI is InChI=1S/C20H21FN2O2/c21-18-4-2-16(3-5-18)20(25)17-9-13-23(14-10-17)19(24)6-1-15-7-11-22-12-8-15/h1-8,11-12,17,20,25H,9-10,13-14H2/b6-1-/t20-/m1/s1. The van der Waals surface area contributed by atoms with E-state index in [2.05, 4.69) is 4.98 Å². The molecule has 130 valence electrons. The fourth-order valence-corrected chi connectivity index (χ4v) is 3.12. The smallest absolute Gasteiger partial charge is 0.246 e. The third-order valence-corrected chi connectivity index (χ3v) is 4.63. The van der Waals surface area contributed by atoms with E-state index < -0.39 is 6.10 Å². The number of carbonyl (C=O) groups excluding carboxylic acids is 1. The molecule has 4 nitrogen and oxygen atoms in total. The highest BCUT2D eigenvalue weighted by Gasteiger charge is 2.27. The Morgan fingerprint density at radius 3 is 2.44 bits per heavy atom. The zero-order valence-electron chi connectivity index (χ0n) is 13.9. The Hall–Kier alpha value is -2.53. The molecule has 0 unspecified atom stereocenters. The fraction of sp³-hybridized carbons (Fsp3) is 0.300. The number of piperidine rings is 1. The van der Waals surface area contributed by atoms with Crippen LogP contribution in [0.2, 0.25) is 0 Å². The number of rotatable bonds is 4. The molecule has 1 fully saturated rings. The van der Waals surface area contributed by atoms with E-state index in [1.807, 2.05) is 12.1 Å². The van der Waals surface area contributed by atoms with E-state index in [1.165, 1.54) is 12.1 Å². The van der Waals surface area contributed by atoms with Gasteiger partial charge in [0.05, 0.1) is 6.10 Å². The Balaban J connectivity index is 1.53. The van der Waals surface area contributed by atoms with Crippen molar-refractivity contribution in [2.24, 2.45) is 5.92 Å². The number of benzene rings is 1. The first kappa shape index (κ1) is 17.3. The molecule has 1 N–H and O–H groups in total. The number of amides is 1. The number of hydrogen-bond acceptors (Lipinski definition) is 3. The zero-order chi connectivity index (χ0) is 17.6. The van der Waals surface area contributed by atoms with Crippen LogP contribution in [-0.2, 0) is 4.79 Å². The summed E-state index contributed by atoms with van der Waals surface area (Å²) in [4.78, 5) is 18.0. The van der Waals surface area contributed by atoms with Gasteiger partial charge in [0.2, 0.25) is 5.91 Å². The molecule has 1 aromatic carbocycles. The first-order valence-corrected chi connectivity index (χ1v) is 8.44. The Bertz CT molecular complexity index is 723. The van der Waals surface area contributed by atoms with Crippen LogP contribution in [-0.4, -0.2) is 34.0 Å². The Kier molecular flexibility index (Phi) is 5.56. The van der Waals surface area contributed by atoms with Gasteiger partial charge in [0.15, 0.2) is 0 Å². The maximum absolute atomic E-state index is 13.0. The highest BCUT2D eigenvalue weighted by atomic mass is 19.1. The second-order valence-electron chi connectivity index (χ2n) is 6.27. The summed E-state index contributed by atoms with van der Waals surface area (Å²) in [6.45, 7) is 1.23. The maximum atomic E-state index is 13.0. The van der Waals surface area contributed by atoms with Crippen LogP contribution >= 0.6 is 0 Å². The van der Waals surface area contributed by atoms with E-state index in [0.717, 1.165) is 24.0 Å². The predicted octanol–water partition coefficient (Wildman–Crippen LogP) is 3.21. The molecule has 3 rings (SSSR count). The van der Waals surface area contributed by atoms with Crippen molar-refractivity contribution in [1.29, 1.82) is 0 Å². The molecule has 0 aliphatic carbocycles. The second kappa shape index (κ2) is 8.03. The maximum Gasteiger partial charge on any atom is 0.246 e. The second-order valence-corrected chi connectivity index (χ2v) is 6.27. The van der Waals surface area contributed by atoms with Gasteiger partial charge in [-0.25, -0.2) is 4.39 Å². The Labute approximate surface area is 146 Å². The number of hydrogen-bond donors (Lipinski definition) is 1. The van der Waals surface area contributed by atoms with Gasteiger partial charge in [0.1, 0.15) is 5.82 Å². The molecule has 1 atom stereocenters. The van der Waals surface area contributed by atoms with Crippen molar-refractivity contribution in [3.8, 4) is 0 Å². The lowest BCUT2D eigenvalue weighted by molar-refractivity contribution is -0.127. The van der Waals surface area contributed by atoms with Gasteiger partial charge in [0, 0.05) is 31.6 Å². The lowest BCUT2D eigenvalue weighted by Crippen LogP contribution is -2.38. The summed E-state index contributed by atoms with van der Waals surface area (Å²) in [6, 6.07) is 9.65. The third-order valence-electron chi connectivity index (χ3n) is 4.63. The molecule has 2 aromatic rings. The van der Waals surface area contributed by atoms with Gasteiger partial charge in [-0.15, -0.1) is 0 Å². The van der Waals surface area contributed by atoms with Crippen LogP contribution in [0.15, 0.2) is 54.9 Å². The van der Waals surface area contributed by atoms with Crippen molar-refractivity contribution in [3.05, 3.63) is 71.8 Å². The van der Waals surface area contributed by atoms with Crippen LogP contribution in [0, 0.1) is 11.7 Å². The molecule has 1 saturated heterocycles. The molecular formula is C20H21FN2O2. The minimum atomic E-state index is -0.620. The van der Waals surface area contributed by atoms with E-state index in [9.17, 15) is 14.3 Å². The van der Waals surface area contributed by atoms with E-state index in [0.29, 0.717) is 13.1 Å². The largest absolute Gasteiger partial charge is 0.388 e. The van der Waals surface area contributed by atoms with Crippen molar-refractivity contribution in [1.82, 2.24) is 9.88 Å². The SMILES string of the molecule is O=C(/C=C\c1ccncc1)N1CCC([C@H](O)c2ccc(F)cc2)CC1. The van der Waals surface area contributed by atoms with Crippen molar-refractivity contribution < 1.29 is 14.3 Å². The highest BCUT2D eigenvalue weighted by molar-refractivity contribution is 5.91. The van der Waals surface area contributed by atoms with E-state index in [-0.39, 0.29) is 17.6 Å². The molecule has 0 spiro atoms. The highest BCUT2D eigenvalue weighted by Crippen LogP contribution is 2.30. The predicted molar refractivity (Wildman–Crippen MR) is 93.9 cm³/mol. The summed E-state index contributed by atoms with van der Waals surface area (Å²) in [7, 11) is 0. The molecule has 25 heavy (non-hydrogen) atoms. The van der Waals surface area contributed by atoms with Gasteiger partial charge in [0.25, 0.3) is 0 Å². The first-order valence-electron chi connectivity index (χ1n) is 8.44. The number of aromatic nitrogens is 1.